The smallest absolute Gasteiger partial charge is 0.242 e. The van der Waals surface area contributed by atoms with Gasteiger partial charge in [0.25, 0.3) is 0 Å². The number of hydrogen-bond donors (Lipinski definition) is 0. The zero-order valence-corrected chi connectivity index (χ0v) is 21.1. The van der Waals surface area contributed by atoms with E-state index < -0.39 is 10.0 Å². The van der Waals surface area contributed by atoms with E-state index in [-0.39, 0.29) is 23.0 Å². The van der Waals surface area contributed by atoms with E-state index in [0.29, 0.717) is 25.0 Å². The zero-order valence-electron chi connectivity index (χ0n) is 20.3. The number of amides is 1. The third-order valence-electron chi connectivity index (χ3n) is 5.87. The van der Waals surface area contributed by atoms with Gasteiger partial charge in [0.15, 0.2) is 0 Å². The third kappa shape index (κ3) is 5.82. The van der Waals surface area contributed by atoms with Gasteiger partial charge in [-0.3, -0.25) is 4.79 Å². The summed E-state index contributed by atoms with van der Waals surface area (Å²) in [4.78, 5) is 19.6. The number of imidazole rings is 1. The number of fused-ring (bicyclic) bond motifs is 1. The van der Waals surface area contributed by atoms with Crippen LogP contribution in [0.15, 0.2) is 47.4 Å². The molecule has 1 aromatic heterocycles. The fourth-order valence-electron chi connectivity index (χ4n) is 3.90. The number of hydrogen-bond acceptors (Lipinski definition) is 4. The van der Waals surface area contributed by atoms with Crippen molar-refractivity contribution in [3.05, 3.63) is 59.7 Å². The van der Waals surface area contributed by atoms with Crippen LogP contribution < -0.4 is 0 Å². The maximum Gasteiger partial charge on any atom is 0.242 e. The summed E-state index contributed by atoms with van der Waals surface area (Å²) >= 11 is 0. The molecular weight excluding hydrogens is 455 g/mol. The van der Waals surface area contributed by atoms with Gasteiger partial charge in [-0.2, -0.15) is 0 Å². The Labute approximate surface area is 201 Å². The van der Waals surface area contributed by atoms with Crippen molar-refractivity contribution >= 4 is 27.0 Å². The molecule has 2 aromatic carbocycles. The van der Waals surface area contributed by atoms with E-state index in [1.807, 2.05) is 13.0 Å². The fraction of sp³-hybridized carbons (Fsp3) is 0.440. The Morgan fingerprint density at radius 2 is 1.88 bits per heavy atom. The van der Waals surface area contributed by atoms with Crippen molar-refractivity contribution in [2.75, 3.05) is 20.6 Å². The minimum absolute atomic E-state index is 0.0308. The molecule has 0 unspecified atom stereocenters. The predicted molar refractivity (Wildman–Crippen MR) is 131 cm³/mol. The van der Waals surface area contributed by atoms with Crippen molar-refractivity contribution in [2.45, 2.75) is 57.5 Å². The average molecular weight is 489 g/mol. The molecule has 0 spiro atoms. The molecule has 0 atom stereocenters. The molecule has 0 saturated carbocycles. The molecule has 0 aliphatic carbocycles. The van der Waals surface area contributed by atoms with Crippen LogP contribution in [-0.2, 0) is 34.3 Å². The van der Waals surface area contributed by atoms with Crippen LogP contribution in [0.4, 0.5) is 4.39 Å². The monoisotopic (exact) mass is 488 g/mol. The van der Waals surface area contributed by atoms with Crippen molar-refractivity contribution in [1.29, 1.82) is 0 Å². The minimum atomic E-state index is -3.57. The largest absolute Gasteiger partial charge is 0.339 e. The summed E-state index contributed by atoms with van der Waals surface area (Å²) in [7, 11) is -0.566. The first-order valence-electron chi connectivity index (χ1n) is 11.6. The van der Waals surface area contributed by atoms with Crippen molar-refractivity contribution in [3.63, 3.8) is 0 Å². The van der Waals surface area contributed by atoms with Crippen molar-refractivity contribution in [1.82, 2.24) is 18.8 Å². The molecule has 0 fully saturated rings. The molecule has 0 aliphatic heterocycles. The number of aryl methyl sites for hydroxylation is 2. The number of aromatic nitrogens is 2. The Morgan fingerprint density at radius 1 is 1.12 bits per heavy atom. The summed E-state index contributed by atoms with van der Waals surface area (Å²) in [5, 5.41) is 0. The van der Waals surface area contributed by atoms with E-state index >= 15 is 0 Å². The number of halogens is 1. The molecule has 1 heterocycles. The number of nitrogens with zero attached hydrogens (tertiary/aromatic N) is 4. The number of unbranched alkanes of at least 4 members (excludes halogenated alkanes) is 1. The molecule has 0 bridgehead atoms. The molecule has 0 saturated heterocycles. The Hall–Kier alpha value is -2.78. The highest BCUT2D eigenvalue weighted by Crippen LogP contribution is 2.23. The van der Waals surface area contributed by atoms with Gasteiger partial charge in [0, 0.05) is 46.6 Å². The van der Waals surface area contributed by atoms with E-state index in [0.717, 1.165) is 36.3 Å². The first-order valence-corrected chi connectivity index (χ1v) is 13.0. The summed E-state index contributed by atoms with van der Waals surface area (Å²) in [6.45, 7) is 5.63. The molecule has 1 amide bonds. The van der Waals surface area contributed by atoms with Gasteiger partial charge in [-0.25, -0.2) is 22.1 Å². The van der Waals surface area contributed by atoms with Crippen LogP contribution in [0.2, 0.25) is 0 Å². The topological polar surface area (TPSA) is 75.5 Å². The van der Waals surface area contributed by atoms with Gasteiger partial charge in [0.05, 0.1) is 15.9 Å². The molecule has 9 heteroatoms. The first kappa shape index (κ1) is 25.8. The Bertz CT molecular complexity index is 1250. The molecule has 34 heavy (non-hydrogen) atoms. The Balaban J connectivity index is 1.83. The number of carbonyl (C=O) groups is 1. The fourth-order valence-corrected chi connectivity index (χ4v) is 4.82. The summed E-state index contributed by atoms with van der Waals surface area (Å²) < 4.78 is 41.9. The molecule has 0 radical (unpaired) electrons. The standard InChI is InChI=1S/C25H33FN4O3S/c1-5-7-15-30-23-12-11-21(34(32,33)28(3)4)17-22(23)27-24(30)13-14-25(31)29(6-2)18-19-9-8-10-20(26)16-19/h8-12,16-17H,5-7,13-15,18H2,1-4H3. The maximum absolute atomic E-state index is 13.5. The summed E-state index contributed by atoms with van der Waals surface area (Å²) in [5.74, 6) is 0.413. The summed E-state index contributed by atoms with van der Waals surface area (Å²) in [6.07, 6.45) is 2.65. The van der Waals surface area contributed by atoms with Crippen LogP contribution in [0.1, 0.15) is 44.5 Å². The molecule has 3 aromatic rings. The lowest BCUT2D eigenvalue weighted by Crippen LogP contribution is -2.30. The van der Waals surface area contributed by atoms with Gasteiger partial charge in [0.2, 0.25) is 15.9 Å². The van der Waals surface area contributed by atoms with Gasteiger partial charge in [-0.1, -0.05) is 25.5 Å². The molecule has 184 valence electrons. The second-order valence-electron chi connectivity index (χ2n) is 8.51. The van der Waals surface area contributed by atoms with E-state index in [2.05, 4.69) is 11.5 Å². The average Bonchev–Trinajstić information content (AvgIpc) is 3.16. The van der Waals surface area contributed by atoms with Crippen molar-refractivity contribution < 1.29 is 17.6 Å². The lowest BCUT2D eigenvalue weighted by Gasteiger charge is -2.21. The molecular formula is C25H33FN4O3S. The van der Waals surface area contributed by atoms with E-state index in [1.54, 1.807) is 29.2 Å². The van der Waals surface area contributed by atoms with Crippen LogP contribution >= 0.6 is 0 Å². The second kappa shape index (κ2) is 11.1. The zero-order chi connectivity index (χ0) is 24.9. The van der Waals surface area contributed by atoms with Crippen molar-refractivity contribution in [3.8, 4) is 0 Å². The van der Waals surface area contributed by atoms with E-state index in [4.69, 9.17) is 4.98 Å². The first-order chi connectivity index (χ1) is 16.2. The lowest BCUT2D eigenvalue weighted by atomic mass is 10.2. The van der Waals surface area contributed by atoms with Crippen LogP contribution in [0, 0.1) is 5.82 Å². The lowest BCUT2D eigenvalue weighted by molar-refractivity contribution is -0.131. The second-order valence-corrected chi connectivity index (χ2v) is 10.7. The van der Waals surface area contributed by atoms with Gasteiger partial charge in [-0.05, 0) is 49.2 Å². The highest BCUT2D eigenvalue weighted by molar-refractivity contribution is 7.89. The molecule has 0 N–H and O–H groups in total. The van der Waals surface area contributed by atoms with Gasteiger partial charge in [0.1, 0.15) is 11.6 Å². The normalized spacial score (nSPS) is 11.9. The quantitative estimate of drug-likeness (QED) is 0.405. The number of sulfonamides is 1. The highest BCUT2D eigenvalue weighted by Gasteiger charge is 2.20. The van der Waals surface area contributed by atoms with Gasteiger partial charge < -0.3 is 9.47 Å². The number of carbonyl (C=O) groups excluding carboxylic acids is 1. The maximum atomic E-state index is 13.5. The highest BCUT2D eigenvalue weighted by atomic mass is 32.2. The summed E-state index contributed by atoms with van der Waals surface area (Å²) in [5.41, 5.74) is 2.22. The SMILES string of the molecule is CCCCn1c(CCC(=O)N(CC)Cc2cccc(F)c2)nc2cc(S(=O)(=O)N(C)C)ccc21. The Kier molecular flexibility index (Phi) is 8.43. The summed E-state index contributed by atoms with van der Waals surface area (Å²) in [6, 6.07) is 11.3. The van der Waals surface area contributed by atoms with Crippen LogP contribution in [0.3, 0.4) is 0 Å². The van der Waals surface area contributed by atoms with E-state index in [1.165, 1.54) is 30.5 Å². The minimum Gasteiger partial charge on any atom is -0.339 e. The van der Waals surface area contributed by atoms with Crippen molar-refractivity contribution in [2.24, 2.45) is 0 Å². The Morgan fingerprint density at radius 3 is 2.53 bits per heavy atom. The third-order valence-corrected chi connectivity index (χ3v) is 7.68. The van der Waals surface area contributed by atoms with Gasteiger partial charge >= 0.3 is 0 Å². The van der Waals surface area contributed by atoms with Gasteiger partial charge in [-0.15, -0.1) is 0 Å². The molecule has 3 rings (SSSR count). The predicted octanol–water partition coefficient (Wildman–Crippen LogP) is 4.21. The van der Waals surface area contributed by atoms with Crippen LogP contribution in [0.25, 0.3) is 11.0 Å². The number of rotatable bonds is 11. The number of benzene rings is 2. The molecule has 7 nitrogen and oxygen atoms in total. The van der Waals surface area contributed by atoms with Crippen LogP contribution in [0.5, 0.6) is 0 Å². The van der Waals surface area contributed by atoms with E-state index in [9.17, 15) is 17.6 Å². The van der Waals surface area contributed by atoms with Crippen LogP contribution in [-0.4, -0.2) is 53.7 Å². The molecule has 0 aliphatic rings.